The van der Waals surface area contributed by atoms with Gasteiger partial charge in [-0.2, -0.15) is 0 Å². The highest BCUT2D eigenvalue weighted by atomic mass is 79.9. The molecular formula is C24H26BrN7O4S. The van der Waals surface area contributed by atoms with Crippen LogP contribution in [-0.2, 0) is 10.0 Å². The van der Waals surface area contributed by atoms with Crippen LogP contribution in [0.25, 0.3) is 17.1 Å². The summed E-state index contributed by atoms with van der Waals surface area (Å²) in [7, 11) is -0.953. The van der Waals surface area contributed by atoms with Crippen molar-refractivity contribution in [3.8, 4) is 28.6 Å². The lowest BCUT2D eigenvalue weighted by Crippen LogP contribution is -2.31. The van der Waals surface area contributed by atoms with Gasteiger partial charge >= 0.3 is 0 Å². The maximum Gasteiger partial charge on any atom is 0.243 e. The zero-order valence-electron chi connectivity index (χ0n) is 20.9. The predicted octanol–water partition coefficient (Wildman–Crippen LogP) is 4.14. The molecule has 0 saturated carbocycles. The van der Waals surface area contributed by atoms with E-state index in [1.165, 1.54) is 14.2 Å². The molecule has 1 aromatic carbocycles. The number of methoxy groups -OCH3 is 2. The van der Waals surface area contributed by atoms with Gasteiger partial charge in [-0.25, -0.2) is 18.4 Å². The van der Waals surface area contributed by atoms with Gasteiger partial charge in [-0.1, -0.05) is 13.0 Å². The van der Waals surface area contributed by atoms with E-state index in [-0.39, 0.29) is 5.95 Å². The Labute approximate surface area is 223 Å². The molecule has 3 heterocycles. The minimum Gasteiger partial charge on any atom is -0.494 e. The van der Waals surface area contributed by atoms with E-state index < -0.39 is 21.2 Å². The van der Waals surface area contributed by atoms with Gasteiger partial charge in [-0.15, -0.1) is 10.2 Å². The van der Waals surface area contributed by atoms with Crippen LogP contribution in [0, 0.1) is 6.92 Å². The van der Waals surface area contributed by atoms with Crippen molar-refractivity contribution in [3.05, 3.63) is 64.9 Å². The molecule has 0 saturated heterocycles. The van der Waals surface area contributed by atoms with Crippen molar-refractivity contribution in [2.45, 2.75) is 31.9 Å². The quantitative estimate of drug-likeness (QED) is 0.306. The Morgan fingerprint density at radius 3 is 2.24 bits per heavy atom. The van der Waals surface area contributed by atoms with Crippen LogP contribution in [0.15, 0.2) is 53.5 Å². The summed E-state index contributed by atoms with van der Waals surface area (Å²) in [6, 6.07) is 7.03. The Kier molecular flexibility index (Phi) is 7.73. The number of pyridine rings is 1. The van der Waals surface area contributed by atoms with E-state index in [4.69, 9.17) is 9.47 Å². The average Bonchev–Trinajstić information content (AvgIpc) is 3.29. The summed E-state index contributed by atoms with van der Waals surface area (Å²) < 4.78 is 43.1. The molecular weight excluding hydrogens is 562 g/mol. The topological polar surface area (TPSA) is 134 Å². The first-order chi connectivity index (χ1) is 17.7. The number of anilines is 1. The number of aromatic nitrogens is 6. The van der Waals surface area contributed by atoms with Gasteiger partial charge in [0.25, 0.3) is 0 Å². The van der Waals surface area contributed by atoms with E-state index in [2.05, 4.69) is 45.8 Å². The average molecular weight is 588 g/mol. The monoisotopic (exact) mass is 587 g/mol. The molecule has 0 aliphatic rings. The van der Waals surface area contributed by atoms with Crippen molar-refractivity contribution in [3.63, 3.8) is 0 Å². The Hall–Kier alpha value is -3.58. The molecule has 2 atom stereocenters. The maximum atomic E-state index is 13.5. The van der Waals surface area contributed by atoms with E-state index in [0.29, 0.717) is 38.9 Å². The maximum absolute atomic E-state index is 13.5. The Morgan fingerprint density at radius 1 is 1.00 bits per heavy atom. The van der Waals surface area contributed by atoms with Crippen LogP contribution < -0.4 is 14.2 Å². The molecule has 194 valence electrons. The number of halogens is 1. The molecule has 0 bridgehead atoms. The molecule has 13 heteroatoms. The SMILES string of the molecule is COc1cccc(OC)c1-n1c(NS(=O)(=O)[C@@H](C)[C@H](C)c2ncc(C)cn2)nnc1-c1cncc(Br)c1. The van der Waals surface area contributed by atoms with Crippen LogP contribution in [0.3, 0.4) is 0 Å². The third-order valence-corrected chi connectivity index (χ3v) is 8.17. The number of rotatable bonds is 9. The highest BCUT2D eigenvalue weighted by molar-refractivity contribution is 9.10. The number of aryl methyl sites for hydroxylation is 1. The summed E-state index contributed by atoms with van der Waals surface area (Å²) in [6.45, 7) is 5.23. The number of nitrogens with zero attached hydrogens (tertiary/aromatic N) is 6. The van der Waals surface area contributed by atoms with Crippen molar-refractivity contribution in [2.24, 2.45) is 0 Å². The van der Waals surface area contributed by atoms with Gasteiger partial charge in [0.2, 0.25) is 16.0 Å². The summed E-state index contributed by atoms with van der Waals surface area (Å²) in [5.74, 6) is 1.08. The molecule has 0 fully saturated rings. The summed E-state index contributed by atoms with van der Waals surface area (Å²) in [5, 5.41) is 7.61. The summed E-state index contributed by atoms with van der Waals surface area (Å²) >= 11 is 3.42. The number of hydrogen-bond donors (Lipinski definition) is 1. The molecule has 4 aromatic rings. The van der Waals surface area contributed by atoms with Gasteiger partial charge in [0.15, 0.2) is 5.82 Å². The van der Waals surface area contributed by atoms with Gasteiger partial charge in [-0.05, 0) is 53.5 Å². The molecule has 0 amide bonds. The molecule has 11 nitrogen and oxygen atoms in total. The Morgan fingerprint density at radius 2 is 1.65 bits per heavy atom. The normalized spacial score (nSPS) is 13.1. The summed E-state index contributed by atoms with van der Waals surface area (Å²) in [5.41, 5.74) is 1.90. The van der Waals surface area contributed by atoms with E-state index in [1.54, 1.807) is 67.5 Å². The number of nitrogens with one attached hydrogen (secondary N) is 1. The van der Waals surface area contributed by atoms with Crippen molar-refractivity contribution < 1.29 is 17.9 Å². The van der Waals surface area contributed by atoms with E-state index in [0.717, 1.165) is 5.56 Å². The van der Waals surface area contributed by atoms with E-state index >= 15 is 0 Å². The fourth-order valence-corrected chi connectivity index (χ4v) is 5.27. The Bertz CT molecular complexity index is 1490. The van der Waals surface area contributed by atoms with Gasteiger partial charge in [0, 0.05) is 40.7 Å². The second kappa shape index (κ2) is 10.8. The fraction of sp³-hybridized carbons (Fsp3) is 0.292. The van der Waals surface area contributed by atoms with Crippen molar-refractivity contribution in [2.75, 3.05) is 18.9 Å². The van der Waals surface area contributed by atoms with Crippen LogP contribution in [0.5, 0.6) is 11.5 Å². The molecule has 0 spiro atoms. The largest absolute Gasteiger partial charge is 0.494 e. The number of ether oxygens (including phenoxy) is 2. The van der Waals surface area contributed by atoms with E-state index in [9.17, 15) is 8.42 Å². The van der Waals surface area contributed by atoms with Gasteiger partial charge in [0.05, 0.1) is 19.5 Å². The van der Waals surface area contributed by atoms with Crippen LogP contribution in [0.4, 0.5) is 5.95 Å². The van der Waals surface area contributed by atoms with Crippen LogP contribution in [0.2, 0.25) is 0 Å². The molecule has 0 unspecified atom stereocenters. The van der Waals surface area contributed by atoms with E-state index in [1.807, 2.05) is 6.92 Å². The zero-order chi connectivity index (χ0) is 26.7. The van der Waals surface area contributed by atoms with Gasteiger partial charge in [-0.3, -0.25) is 14.3 Å². The van der Waals surface area contributed by atoms with Gasteiger partial charge in [0.1, 0.15) is 23.0 Å². The van der Waals surface area contributed by atoms with Crippen LogP contribution >= 0.6 is 15.9 Å². The fourth-order valence-electron chi connectivity index (χ4n) is 3.67. The number of sulfonamides is 1. The first-order valence-electron chi connectivity index (χ1n) is 11.2. The third-order valence-electron chi connectivity index (χ3n) is 5.89. The first-order valence-corrected chi connectivity index (χ1v) is 13.6. The molecule has 4 rings (SSSR count). The molecule has 3 aromatic heterocycles. The third kappa shape index (κ3) is 5.42. The second-order valence-electron chi connectivity index (χ2n) is 8.35. The summed E-state index contributed by atoms with van der Waals surface area (Å²) in [4.78, 5) is 12.8. The Balaban J connectivity index is 1.83. The van der Waals surface area contributed by atoms with Crippen molar-refractivity contribution in [1.29, 1.82) is 0 Å². The lowest BCUT2D eigenvalue weighted by atomic mass is 10.1. The number of para-hydroxylation sites is 1. The predicted molar refractivity (Wildman–Crippen MR) is 143 cm³/mol. The van der Waals surface area contributed by atoms with Crippen LogP contribution in [0.1, 0.15) is 31.2 Å². The smallest absolute Gasteiger partial charge is 0.243 e. The molecule has 0 radical (unpaired) electrons. The minimum atomic E-state index is -3.98. The molecule has 37 heavy (non-hydrogen) atoms. The zero-order valence-corrected chi connectivity index (χ0v) is 23.3. The molecule has 0 aliphatic carbocycles. The molecule has 1 N–H and O–H groups in total. The minimum absolute atomic E-state index is 0.0401. The van der Waals surface area contributed by atoms with Crippen LogP contribution in [-0.4, -0.2) is 57.6 Å². The highest BCUT2D eigenvalue weighted by Gasteiger charge is 2.32. The highest BCUT2D eigenvalue weighted by Crippen LogP contribution is 2.38. The second-order valence-corrected chi connectivity index (χ2v) is 11.3. The number of hydrogen-bond acceptors (Lipinski definition) is 9. The summed E-state index contributed by atoms with van der Waals surface area (Å²) in [6.07, 6.45) is 6.56. The lowest BCUT2D eigenvalue weighted by Gasteiger charge is -2.21. The van der Waals surface area contributed by atoms with Crippen molar-refractivity contribution in [1.82, 2.24) is 29.7 Å². The standard InChI is InChI=1S/C24H26BrN7O4S/c1-14-10-27-22(28-11-14)15(2)16(3)37(33,34)31-24-30-29-23(17-9-18(25)13-26-12-17)32(24)21-19(35-4)7-6-8-20(21)36-5/h6-13,15-16H,1-5H3,(H,30,31)/t15-,16-/m0/s1. The molecule has 0 aliphatic heterocycles. The lowest BCUT2D eigenvalue weighted by molar-refractivity contribution is 0.391. The van der Waals surface area contributed by atoms with Gasteiger partial charge < -0.3 is 9.47 Å². The number of benzene rings is 1. The van der Waals surface area contributed by atoms with Crippen molar-refractivity contribution >= 4 is 31.9 Å². The first kappa shape index (κ1) is 26.5.